The van der Waals surface area contributed by atoms with E-state index in [4.69, 9.17) is 4.98 Å². The first-order valence-electron chi connectivity index (χ1n) is 15.0. The van der Waals surface area contributed by atoms with Gasteiger partial charge in [-0.05, 0) is 113 Å². The van der Waals surface area contributed by atoms with Gasteiger partial charge in [-0.15, -0.1) is 11.8 Å². The molecule has 0 saturated heterocycles. The molecular formula is C31H43N7OS. The Morgan fingerprint density at radius 2 is 1.90 bits per heavy atom. The van der Waals surface area contributed by atoms with Crippen molar-refractivity contribution in [2.24, 2.45) is 29.1 Å². The molecule has 0 radical (unpaired) electrons. The van der Waals surface area contributed by atoms with E-state index in [0.717, 1.165) is 67.1 Å². The number of nitriles is 1. The van der Waals surface area contributed by atoms with E-state index in [0.29, 0.717) is 35.8 Å². The number of aromatic nitrogens is 3. The van der Waals surface area contributed by atoms with Gasteiger partial charge in [0.2, 0.25) is 5.95 Å². The van der Waals surface area contributed by atoms with Gasteiger partial charge < -0.3 is 21.1 Å². The Bertz CT molecular complexity index is 1220. The molecular weight excluding hydrogens is 518 g/mol. The fourth-order valence-electron chi connectivity index (χ4n) is 8.42. The summed E-state index contributed by atoms with van der Waals surface area (Å²) in [5.41, 5.74) is 1.42. The van der Waals surface area contributed by atoms with Gasteiger partial charge in [0.05, 0.1) is 11.8 Å². The lowest BCUT2D eigenvalue weighted by Crippen LogP contribution is -2.60. The van der Waals surface area contributed by atoms with Crippen LogP contribution in [0.2, 0.25) is 0 Å². The zero-order valence-corrected chi connectivity index (χ0v) is 24.6. The fraction of sp³-hybridized carbons (Fsp3) is 0.677. The van der Waals surface area contributed by atoms with Crippen LogP contribution in [0.4, 0.5) is 11.8 Å². The summed E-state index contributed by atoms with van der Waals surface area (Å²) in [6.07, 6.45) is 16.1. The first-order valence-corrected chi connectivity index (χ1v) is 16.3. The summed E-state index contributed by atoms with van der Waals surface area (Å²) in [6, 6.07) is 6.91. The van der Waals surface area contributed by atoms with E-state index in [1.54, 1.807) is 24.2 Å². The predicted octanol–water partition coefficient (Wildman–Crippen LogP) is 5.21. The number of rotatable bonds is 10. The Morgan fingerprint density at radius 3 is 2.62 bits per heavy atom. The minimum absolute atomic E-state index is 0.284. The molecule has 214 valence electrons. The quantitative estimate of drug-likeness (QED) is 0.290. The summed E-state index contributed by atoms with van der Waals surface area (Å²) >= 11 is 1.62. The van der Waals surface area contributed by atoms with Crippen molar-refractivity contribution in [3.63, 3.8) is 0 Å². The molecule has 4 bridgehead atoms. The molecule has 1 unspecified atom stereocenters. The van der Waals surface area contributed by atoms with Crippen molar-refractivity contribution >= 4 is 23.5 Å². The van der Waals surface area contributed by atoms with Crippen LogP contribution in [-0.2, 0) is 6.54 Å². The van der Waals surface area contributed by atoms with Gasteiger partial charge in [-0.1, -0.05) is 6.07 Å². The minimum atomic E-state index is -0.457. The molecule has 8 nitrogen and oxygen atoms in total. The van der Waals surface area contributed by atoms with Crippen LogP contribution in [-0.4, -0.2) is 51.0 Å². The largest absolute Gasteiger partial charge is 0.390 e. The number of hydrogen-bond acceptors (Lipinski definition) is 9. The van der Waals surface area contributed by atoms with E-state index < -0.39 is 5.60 Å². The van der Waals surface area contributed by atoms with Gasteiger partial charge in [-0.25, -0.2) is 9.97 Å². The first-order chi connectivity index (χ1) is 19.4. The molecule has 9 heteroatoms. The Morgan fingerprint density at radius 1 is 1.12 bits per heavy atom. The second-order valence-corrected chi connectivity index (χ2v) is 14.1. The molecule has 0 aromatic carbocycles. The second kappa shape index (κ2) is 11.5. The molecule has 7 rings (SSSR count). The number of nitrogens with one attached hydrogen (secondary N) is 3. The van der Waals surface area contributed by atoms with Crippen LogP contribution in [0, 0.1) is 40.4 Å². The predicted molar refractivity (Wildman–Crippen MR) is 159 cm³/mol. The van der Waals surface area contributed by atoms with Crippen LogP contribution in [0.3, 0.4) is 0 Å². The highest BCUT2D eigenvalue weighted by Crippen LogP contribution is 2.60. The van der Waals surface area contributed by atoms with Gasteiger partial charge in [0.1, 0.15) is 22.5 Å². The van der Waals surface area contributed by atoms with Crippen LogP contribution in [0.1, 0.15) is 75.8 Å². The third-order valence-electron chi connectivity index (χ3n) is 10.2. The van der Waals surface area contributed by atoms with E-state index in [2.05, 4.69) is 38.1 Å². The van der Waals surface area contributed by atoms with Gasteiger partial charge >= 0.3 is 0 Å². The summed E-state index contributed by atoms with van der Waals surface area (Å²) in [4.78, 5) is 13.6. The highest BCUT2D eigenvalue weighted by atomic mass is 32.2. The van der Waals surface area contributed by atoms with Crippen LogP contribution < -0.4 is 16.0 Å². The van der Waals surface area contributed by atoms with Gasteiger partial charge in [0.15, 0.2) is 0 Å². The average Bonchev–Trinajstić information content (AvgIpc) is 2.95. The minimum Gasteiger partial charge on any atom is -0.390 e. The molecule has 5 saturated carbocycles. The second-order valence-electron chi connectivity index (χ2n) is 13.3. The van der Waals surface area contributed by atoms with Gasteiger partial charge in [0.25, 0.3) is 0 Å². The number of anilines is 2. The Hall–Kier alpha value is -2.41. The molecule has 2 aromatic rings. The van der Waals surface area contributed by atoms with E-state index in [1.165, 1.54) is 32.1 Å². The van der Waals surface area contributed by atoms with Crippen molar-refractivity contribution in [1.82, 2.24) is 20.3 Å². The average molecular weight is 562 g/mol. The maximum absolute atomic E-state index is 10.3. The van der Waals surface area contributed by atoms with Crippen LogP contribution >= 0.6 is 11.8 Å². The number of aliphatic hydroxyl groups is 1. The zero-order valence-electron chi connectivity index (χ0n) is 23.8. The standard InChI is InChI=1S/C31H43N7OS/c1-30(39)7-5-20(6-8-30)16-34-26-23-10-21-11-24(26)14-31(12-21,13-23)19-37-27-25(15-32)18-36-29(38-27)35-17-22-4-3-9-33-28(22)40-2/h3-4,9,18,20-21,23-24,26,34,39H,5-8,10-14,16-17,19H2,1-2H3,(H2,35,36,37,38)/t20-,21?,23-,24+,26-,30+,31-. The molecule has 0 spiro atoms. The third-order valence-corrected chi connectivity index (χ3v) is 11.0. The highest BCUT2D eigenvalue weighted by molar-refractivity contribution is 7.98. The first kappa shape index (κ1) is 27.7. The van der Waals surface area contributed by atoms with Gasteiger partial charge in [-0.3, -0.25) is 0 Å². The van der Waals surface area contributed by atoms with Crippen molar-refractivity contribution in [3.05, 3.63) is 35.7 Å². The molecule has 5 atom stereocenters. The summed E-state index contributed by atoms with van der Waals surface area (Å²) in [6.45, 7) is 4.54. The van der Waals surface area contributed by atoms with E-state index in [1.807, 2.05) is 19.2 Å². The lowest BCUT2D eigenvalue weighted by Gasteiger charge is -2.60. The van der Waals surface area contributed by atoms with E-state index in [-0.39, 0.29) is 5.41 Å². The molecule has 5 fully saturated rings. The molecule has 4 N–H and O–H groups in total. The fourth-order valence-corrected chi connectivity index (χ4v) is 8.99. The summed E-state index contributed by atoms with van der Waals surface area (Å²) in [5, 5.41) is 32.0. The summed E-state index contributed by atoms with van der Waals surface area (Å²) in [7, 11) is 0. The number of nitrogens with zero attached hydrogens (tertiary/aromatic N) is 4. The monoisotopic (exact) mass is 561 g/mol. The topological polar surface area (TPSA) is 119 Å². The zero-order chi connectivity index (χ0) is 27.7. The Kier molecular flexibility index (Phi) is 7.95. The van der Waals surface area contributed by atoms with Crippen molar-refractivity contribution in [2.45, 2.75) is 87.9 Å². The molecule has 5 aliphatic rings. The van der Waals surface area contributed by atoms with Crippen molar-refractivity contribution in [3.8, 4) is 6.07 Å². The number of thioether (sulfide) groups is 1. The maximum atomic E-state index is 10.3. The van der Waals surface area contributed by atoms with E-state index in [9.17, 15) is 10.4 Å². The number of hydrogen-bond donors (Lipinski definition) is 4. The van der Waals surface area contributed by atoms with Crippen molar-refractivity contribution in [1.29, 1.82) is 5.26 Å². The summed E-state index contributed by atoms with van der Waals surface area (Å²) in [5.74, 6) is 4.16. The molecule has 2 heterocycles. The Balaban J connectivity index is 1.07. The Labute approximate surface area is 242 Å². The maximum Gasteiger partial charge on any atom is 0.224 e. The van der Waals surface area contributed by atoms with Crippen molar-refractivity contribution in [2.75, 3.05) is 30.0 Å². The summed E-state index contributed by atoms with van der Waals surface area (Å²) < 4.78 is 0. The number of pyridine rings is 1. The van der Waals surface area contributed by atoms with E-state index >= 15 is 0 Å². The van der Waals surface area contributed by atoms with Crippen LogP contribution in [0.15, 0.2) is 29.6 Å². The van der Waals surface area contributed by atoms with Crippen LogP contribution in [0.25, 0.3) is 0 Å². The molecule has 0 aliphatic heterocycles. The SMILES string of the molecule is CSc1ncccc1CNc1ncc(C#N)c(NC[C@]23CC4C[C@H](C2)[C@@H](NC[C@H]2CC[C@@](C)(O)CC2)[C@@H](C4)C3)n1. The lowest BCUT2D eigenvalue weighted by atomic mass is 9.48. The molecule has 40 heavy (non-hydrogen) atoms. The highest BCUT2D eigenvalue weighted by Gasteiger charge is 2.55. The van der Waals surface area contributed by atoms with Crippen molar-refractivity contribution < 1.29 is 5.11 Å². The van der Waals surface area contributed by atoms with Crippen LogP contribution in [0.5, 0.6) is 0 Å². The normalized spacial score (nSPS) is 34.4. The molecule has 2 aromatic heterocycles. The van der Waals surface area contributed by atoms with Gasteiger partial charge in [-0.2, -0.15) is 10.2 Å². The lowest BCUT2D eigenvalue weighted by molar-refractivity contribution is -0.0711. The van der Waals surface area contributed by atoms with Gasteiger partial charge in [0, 0.05) is 30.9 Å². The smallest absolute Gasteiger partial charge is 0.224 e. The molecule has 0 amide bonds. The third kappa shape index (κ3) is 5.95. The molecule has 5 aliphatic carbocycles.